The average Bonchev–Trinajstić information content (AvgIpc) is 2.85. The van der Waals surface area contributed by atoms with Gasteiger partial charge >= 0.3 is 6.18 Å². The minimum Gasteiger partial charge on any atom is -0.359 e. The van der Waals surface area contributed by atoms with E-state index in [1.165, 1.54) is 4.57 Å². The van der Waals surface area contributed by atoms with Crippen molar-refractivity contribution >= 4 is 15.9 Å². The smallest absolute Gasteiger partial charge is 0.359 e. The monoisotopic (exact) mass is 391 g/mol. The maximum Gasteiger partial charge on any atom is 0.436 e. The number of rotatable bonds is 5. The zero-order chi connectivity index (χ0) is 17.2. The standard InChI is InChI=1S/C15H17BrF3N3O/c1-4-10-6-7-11(20-8-10)14-21-12(15(17,18)19)13(16)22(14)9(3)23-5-2/h6-9H,4-5H2,1-3H3. The molecular weight excluding hydrogens is 375 g/mol. The number of ether oxygens (including phenoxy) is 1. The molecule has 2 heterocycles. The lowest BCUT2D eigenvalue weighted by Gasteiger charge is -2.17. The van der Waals surface area contributed by atoms with Crippen LogP contribution in [0.15, 0.2) is 22.9 Å². The molecular formula is C15H17BrF3N3O. The van der Waals surface area contributed by atoms with Gasteiger partial charge in [-0.25, -0.2) is 4.98 Å². The third-order valence-corrected chi connectivity index (χ3v) is 4.11. The summed E-state index contributed by atoms with van der Waals surface area (Å²) in [6.07, 6.45) is -2.73. The zero-order valence-corrected chi connectivity index (χ0v) is 14.6. The number of imidazole rings is 1. The summed E-state index contributed by atoms with van der Waals surface area (Å²) in [5.74, 6) is 0.118. The predicted octanol–water partition coefficient (Wildman–Crippen LogP) is 4.84. The molecule has 1 unspecified atom stereocenters. The SMILES string of the molecule is CCOC(C)n1c(-c2ccc(CC)cn2)nc(C(F)(F)F)c1Br. The van der Waals surface area contributed by atoms with Crippen LogP contribution in [0.3, 0.4) is 0 Å². The lowest BCUT2D eigenvalue weighted by Crippen LogP contribution is -2.12. The Bertz CT molecular complexity index is 668. The number of hydrogen-bond acceptors (Lipinski definition) is 3. The fraction of sp³-hybridized carbons (Fsp3) is 0.467. The molecule has 0 aliphatic heterocycles. The van der Waals surface area contributed by atoms with E-state index in [0.717, 1.165) is 12.0 Å². The van der Waals surface area contributed by atoms with Gasteiger partial charge in [-0.3, -0.25) is 9.55 Å². The molecule has 0 radical (unpaired) electrons. The summed E-state index contributed by atoms with van der Waals surface area (Å²) in [7, 11) is 0. The van der Waals surface area contributed by atoms with Crippen molar-refractivity contribution in [1.82, 2.24) is 14.5 Å². The summed E-state index contributed by atoms with van der Waals surface area (Å²) >= 11 is 3.01. The van der Waals surface area contributed by atoms with Gasteiger partial charge in [0.05, 0.1) is 0 Å². The molecule has 0 spiro atoms. The summed E-state index contributed by atoms with van der Waals surface area (Å²) < 4.78 is 46.1. The molecule has 0 N–H and O–H groups in total. The highest BCUT2D eigenvalue weighted by Crippen LogP contribution is 2.38. The number of pyridine rings is 1. The van der Waals surface area contributed by atoms with Gasteiger partial charge in [-0.2, -0.15) is 13.2 Å². The molecule has 0 aliphatic carbocycles. The summed E-state index contributed by atoms with van der Waals surface area (Å²) in [4.78, 5) is 7.99. The van der Waals surface area contributed by atoms with Gasteiger partial charge in [0, 0.05) is 12.8 Å². The zero-order valence-electron chi connectivity index (χ0n) is 13.0. The molecule has 126 valence electrons. The fourth-order valence-electron chi connectivity index (χ4n) is 2.19. The number of aryl methyl sites for hydroxylation is 1. The van der Waals surface area contributed by atoms with Crippen molar-refractivity contribution in [2.45, 2.75) is 39.6 Å². The minimum absolute atomic E-state index is 0.118. The van der Waals surface area contributed by atoms with Crippen LogP contribution < -0.4 is 0 Å². The Labute approximate surface area is 140 Å². The molecule has 2 aromatic rings. The number of hydrogen-bond donors (Lipinski definition) is 0. The van der Waals surface area contributed by atoms with Crippen LogP contribution in [0.5, 0.6) is 0 Å². The van der Waals surface area contributed by atoms with Crippen LogP contribution in [-0.4, -0.2) is 21.1 Å². The van der Waals surface area contributed by atoms with Gasteiger partial charge < -0.3 is 4.74 Å². The van der Waals surface area contributed by atoms with Crippen molar-refractivity contribution in [2.75, 3.05) is 6.61 Å². The van der Waals surface area contributed by atoms with Gasteiger partial charge in [0.15, 0.2) is 11.5 Å². The Morgan fingerprint density at radius 1 is 1.30 bits per heavy atom. The highest BCUT2D eigenvalue weighted by molar-refractivity contribution is 9.10. The molecule has 0 amide bonds. The first-order chi connectivity index (χ1) is 10.8. The second-order valence-corrected chi connectivity index (χ2v) is 5.65. The first kappa shape index (κ1) is 17.9. The van der Waals surface area contributed by atoms with Crippen molar-refractivity contribution in [3.8, 4) is 11.5 Å². The van der Waals surface area contributed by atoms with Crippen LogP contribution in [0.2, 0.25) is 0 Å². The van der Waals surface area contributed by atoms with Crippen LogP contribution in [-0.2, 0) is 17.3 Å². The van der Waals surface area contributed by atoms with Gasteiger partial charge in [0.25, 0.3) is 0 Å². The number of aromatic nitrogens is 3. The third kappa shape index (κ3) is 3.74. The second-order valence-electron chi connectivity index (χ2n) is 4.90. The summed E-state index contributed by atoms with van der Waals surface area (Å²) in [5, 5.41) is 0. The fourth-order valence-corrected chi connectivity index (χ4v) is 2.96. The first-order valence-electron chi connectivity index (χ1n) is 7.21. The Kier molecular flexibility index (Phi) is 5.46. The van der Waals surface area contributed by atoms with E-state index >= 15 is 0 Å². The molecule has 0 aliphatic rings. The Morgan fingerprint density at radius 2 is 2.00 bits per heavy atom. The van der Waals surface area contributed by atoms with Crippen LogP contribution in [0, 0.1) is 0 Å². The first-order valence-corrected chi connectivity index (χ1v) is 8.00. The van der Waals surface area contributed by atoms with Crippen LogP contribution >= 0.6 is 15.9 Å². The molecule has 0 fully saturated rings. The van der Waals surface area contributed by atoms with E-state index in [1.54, 1.807) is 26.1 Å². The number of nitrogens with zero attached hydrogens (tertiary/aromatic N) is 3. The molecule has 0 saturated carbocycles. The highest BCUT2D eigenvalue weighted by Gasteiger charge is 2.39. The predicted molar refractivity (Wildman–Crippen MR) is 83.9 cm³/mol. The largest absolute Gasteiger partial charge is 0.436 e. The lowest BCUT2D eigenvalue weighted by atomic mass is 10.2. The number of alkyl halides is 3. The van der Waals surface area contributed by atoms with Gasteiger partial charge in [0.2, 0.25) is 0 Å². The average molecular weight is 392 g/mol. The lowest BCUT2D eigenvalue weighted by molar-refractivity contribution is -0.141. The maximum atomic E-state index is 13.2. The topological polar surface area (TPSA) is 39.9 Å². The number of halogens is 4. The molecule has 1 atom stereocenters. The van der Waals surface area contributed by atoms with Crippen molar-refractivity contribution < 1.29 is 17.9 Å². The molecule has 8 heteroatoms. The molecule has 4 nitrogen and oxygen atoms in total. The van der Waals surface area contributed by atoms with Crippen molar-refractivity contribution in [1.29, 1.82) is 0 Å². The van der Waals surface area contributed by atoms with Crippen LogP contribution in [0.1, 0.15) is 38.3 Å². The second kappa shape index (κ2) is 7.00. The van der Waals surface area contributed by atoms with Crippen molar-refractivity contribution in [3.63, 3.8) is 0 Å². The summed E-state index contributed by atoms with van der Waals surface area (Å²) in [6.45, 7) is 5.79. The van der Waals surface area contributed by atoms with E-state index in [1.807, 2.05) is 13.0 Å². The summed E-state index contributed by atoms with van der Waals surface area (Å²) in [6, 6.07) is 3.50. The van der Waals surface area contributed by atoms with Gasteiger partial charge in [0.1, 0.15) is 16.5 Å². The third-order valence-electron chi connectivity index (χ3n) is 3.35. The molecule has 0 bridgehead atoms. The van der Waals surface area contributed by atoms with Crippen molar-refractivity contribution in [3.05, 3.63) is 34.2 Å². The normalized spacial score (nSPS) is 13.3. The Balaban J connectivity index is 2.59. The molecule has 0 aromatic carbocycles. The molecule has 23 heavy (non-hydrogen) atoms. The quantitative estimate of drug-likeness (QED) is 0.731. The van der Waals surface area contributed by atoms with Gasteiger partial charge in [-0.05, 0) is 47.8 Å². The van der Waals surface area contributed by atoms with Crippen molar-refractivity contribution in [2.24, 2.45) is 0 Å². The minimum atomic E-state index is -4.56. The Morgan fingerprint density at radius 3 is 2.48 bits per heavy atom. The molecule has 0 saturated heterocycles. The summed E-state index contributed by atoms with van der Waals surface area (Å²) in [5.41, 5.74) is 0.380. The van der Waals surface area contributed by atoms with Crippen LogP contribution in [0.4, 0.5) is 13.2 Å². The van der Waals surface area contributed by atoms with Gasteiger partial charge in [-0.15, -0.1) is 0 Å². The molecule has 2 rings (SSSR count). The maximum absolute atomic E-state index is 13.2. The van der Waals surface area contributed by atoms with E-state index in [4.69, 9.17) is 4.74 Å². The Hall–Kier alpha value is -1.41. The van der Waals surface area contributed by atoms with E-state index < -0.39 is 18.1 Å². The van der Waals surface area contributed by atoms with Gasteiger partial charge in [-0.1, -0.05) is 13.0 Å². The van der Waals surface area contributed by atoms with E-state index in [9.17, 15) is 13.2 Å². The van der Waals surface area contributed by atoms with E-state index in [-0.39, 0.29) is 10.4 Å². The van der Waals surface area contributed by atoms with E-state index in [2.05, 4.69) is 25.9 Å². The van der Waals surface area contributed by atoms with E-state index in [0.29, 0.717) is 12.3 Å². The highest BCUT2D eigenvalue weighted by atomic mass is 79.9. The molecule has 2 aromatic heterocycles. The van der Waals surface area contributed by atoms with Crippen LogP contribution in [0.25, 0.3) is 11.5 Å².